The maximum Gasteiger partial charge on any atom is 0.338 e. The largest absolute Gasteiger partial charge is 0.488 e. The number of halogens is 2. The van der Waals surface area contributed by atoms with Crippen LogP contribution in [0, 0.1) is 11.3 Å². The van der Waals surface area contributed by atoms with Gasteiger partial charge in [-0.05, 0) is 80.4 Å². The summed E-state index contributed by atoms with van der Waals surface area (Å²) in [6.45, 7) is 5.54. The van der Waals surface area contributed by atoms with Crippen molar-refractivity contribution in [3.8, 4) is 11.8 Å². The molecule has 5 rings (SSSR count). The summed E-state index contributed by atoms with van der Waals surface area (Å²) in [6, 6.07) is 20.7. The van der Waals surface area contributed by atoms with Crippen molar-refractivity contribution < 1.29 is 14.3 Å². The van der Waals surface area contributed by atoms with Crippen molar-refractivity contribution in [3.05, 3.63) is 130 Å². The van der Waals surface area contributed by atoms with Gasteiger partial charge >= 0.3 is 5.97 Å². The molecule has 7 nitrogen and oxygen atoms in total. The Balaban J connectivity index is 1.59. The van der Waals surface area contributed by atoms with Crippen LogP contribution in [0.1, 0.15) is 49.1 Å². The van der Waals surface area contributed by atoms with Gasteiger partial charge in [0.15, 0.2) is 4.80 Å². The molecule has 0 spiro atoms. The number of carbonyl (C=O) groups excluding carboxylic acids is 1. The molecular formula is C32H25Cl2N3O4S. The van der Waals surface area contributed by atoms with Crippen molar-refractivity contribution >= 4 is 46.6 Å². The first-order valence-electron chi connectivity index (χ1n) is 13.0. The zero-order valence-electron chi connectivity index (χ0n) is 22.9. The van der Waals surface area contributed by atoms with E-state index in [0.29, 0.717) is 53.1 Å². The highest BCUT2D eigenvalue weighted by atomic mass is 35.5. The van der Waals surface area contributed by atoms with Crippen LogP contribution in [0.25, 0.3) is 6.08 Å². The Morgan fingerprint density at radius 3 is 2.45 bits per heavy atom. The third kappa shape index (κ3) is 6.19. The zero-order valence-corrected chi connectivity index (χ0v) is 25.3. The molecule has 1 aliphatic heterocycles. The number of fused-ring (bicyclic) bond motifs is 1. The Hall–Kier alpha value is -4.16. The van der Waals surface area contributed by atoms with Crippen molar-refractivity contribution in [3.63, 3.8) is 0 Å². The average molecular weight is 619 g/mol. The molecule has 3 aromatic carbocycles. The maximum absolute atomic E-state index is 14.0. The minimum atomic E-state index is -0.751. The highest BCUT2D eigenvalue weighted by Crippen LogP contribution is 2.32. The van der Waals surface area contributed by atoms with Crippen LogP contribution < -0.4 is 19.6 Å². The number of thiazole rings is 1. The summed E-state index contributed by atoms with van der Waals surface area (Å²) >= 11 is 13.7. The number of benzene rings is 3. The van der Waals surface area contributed by atoms with Gasteiger partial charge in [-0.3, -0.25) is 9.36 Å². The third-order valence-corrected chi connectivity index (χ3v) is 7.98. The van der Waals surface area contributed by atoms with Crippen molar-refractivity contribution in [2.45, 2.75) is 39.5 Å². The number of rotatable bonds is 7. The van der Waals surface area contributed by atoms with Crippen LogP contribution in [-0.2, 0) is 16.1 Å². The van der Waals surface area contributed by atoms with Gasteiger partial charge in [0.2, 0.25) is 0 Å². The second-order valence-corrected chi connectivity index (χ2v) is 11.7. The summed E-state index contributed by atoms with van der Waals surface area (Å²) in [7, 11) is 0. The predicted molar refractivity (Wildman–Crippen MR) is 163 cm³/mol. The molecule has 0 saturated heterocycles. The normalized spacial score (nSPS) is 14.8. The van der Waals surface area contributed by atoms with Gasteiger partial charge in [-0.15, -0.1) is 0 Å². The number of hydrogen-bond donors (Lipinski definition) is 0. The topological polar surface area (TPSA) is 93.7 Å². The van der Waals surface area contributed by atoms with E-state index < -0.39 is 12.0 Å². The van der Waals surface area contributed by atoms with Gasteiger partial charge < -0.3 is 9.47 Å². The number of nitrogens with zero attached hydrogens (tertiary/aromatic N) is 3. The van der Waals surface area contributed by atoms with Crippen LogP contribution in [0.15, 0.2) is 87.8 Å². The van der Waals surface area contributed by atoms with E-state index in [-0.39, 0.29) is 18.3 Å². The molecule has 0 amide bonds. The molecule has 212 valence electrons. The zero-order chi connectivity index (χ0) is 30.0. The number of esters is 1. The summed E-state index contributed by atoms with van der Waals surface area (Å²) in [6.07, 6.45) is 1.37. The highest BCUT2D eigenvalue weighted by Gasteiger charge is 2.33. The van der Waals surface area contributed by atoms with Crippen LogP contribution in [0.2, 0.25) is 10.0 Å². The van der Waals surface area contributed by atoms with Crippen LogP contribution in [0.4, 0.5) is 0 Å². The molecule has 1 atom stereocenters. The number of hydrogen-bond acceptors (Lipinski definition) is 7. The molecule has 0 saturated carbocycles. The fourth-order valence-electron chi connectivity index (χ4n) is 4.56. The first kappa shape index (κ1) is 29.3. The van der Waals surface area contributed by atoms with Crippen molar-refractivity contribution in [2.24, 2.45) is 4.99 Å². The summed E-state index contributed by atoms with van der Waals surface area (Å²) in [5.74, 6) is -0.00460. The Morgan fingerprint density at radius 1 is 1.10 bits per heavy atom. The van der Waals surface area contributed by atoms with Gasteiger partial charge in [-0.1, -0.05) is 58.8 Å². The molecule has 4 aromatic rings. The van der Waals surface area contributed by atoms with E-state index >= 15 is 0 Å². The number of nitriles is 1. The molecule has 1 aliphatic rings. The minimum absolute atomic E-state index is 0.256. The third-order valence-electron chi connectivity index (χ3n) is 6.51. The van der Waals surface area contributed by atoms with Gasteiger partial charge in [-0.2, -0.15) is 5.26 Å². The smallest absolute Gasteiger partial charge is 0.338 e. The Morgan fingerprint density at radius 2 is 1.79 bits per heavy atom. The van der Waals surface area contributed by atoms with Crippen LogP contribution in [-0.4, -0.2) is 16.6 Å². The Bertz CT molecular complexity index is 1920. The van der Waals surface area contributed by atoms with Gasteiger partial charge in [0, 0.05) is 15.6 Å². The molecule has 0 radical (unpaired) electrons. The lowest BCUT2D eigenvalue weighted by atomic mass is 9.96. The second kappa shape index (κ2) is 12.4. The van der Waals surface area contributed by atoms with E-state index in [1.54, 1.807) is 81.4 Å². The van der Waals surface area contributed by atoms with E-state index in [4.69, 9.17) is 37.9 Å². The predicted octanol–water partition coefficient (Wildman–Crippen LogP) is 5.94. The van der Waals surface area contributed by atoms with Gasteiger partial charge in [0.25, 0.3) is 5.56 Å². The molecule has 0 unspecified atom stereocenters. The van der Waals surface area contributed by atoms with E-state index in [9.17, 15) is 9.59 Å². The molecular weight excluding hydrogens is 593 g/mol. The fourth-order valence-corrected chi connectivity index (χ4v) is 5.91. The number of carbonyl (C=O) groups is 1. The molecule has 10 heteroatoms. The van der Waals surface area contributed by atoms with Gasteiger partial charge in [-0.25, -0.2) is 9.79 Å². The van der Waals surface area contributed by atoms with Crippen LogP contribution >= 0.6 is 34.5 Å². The van der Waals surface area contributed by atoms with Crippen molar-refractivity contribution in [1.82, 2.24) is 4.57 Å². The Kier molecular flexibility index (Phi) is 8.64. The van der Waals surface area contributed by atoms with Crippen molar-refractivity contribution in [2.75, 3.05) is 0 Å². The second-order valence-electron chi connectivity index (χ2n) is 9.87. The van der Waals surface area contributed by atoms with E-state index in [1.807, 2.05) is 12.1 Å². The molecule has 42 heavy (non-hydrogen) atoms. The molecule has 0 fully saturated rings. The first-order chi connectivity index (χ1) is 20.1. The van der Waals surface area contributed by atoms with Crippen molar-refractivity contribution in [1.29, 1.82) is 5.26 Å². The quantitative estimate of drug-likeness (QED) is 0.239. The van der Waals surface area contributed by atoms with E-state index in [2.05, 4.69) is 11.1 Å². The molecule has 2 heterocycles. The lowest BCUT2D eigenvalue weighted by Gasteiger charge is -2.25. The van der Waals surface area contributed by atoms with Gasteiger partial charge in [0.1, 0.15) is 12.4 Å². The summed E-state index contributed by atoms with van der Waals surface area (Å²) in [5, 5.41) is 10.1. The molecule has 0 N–H and O–H groups in total. The number of allylic oxidation sites excluding steroid dienone is 1. The molecule has 0 aliphatic carbocycles. The highest BCUT2D eigenvalue weighted by molar-refractivity contribution is 7.07. The van der Waals surface area contributed by atoms with E-state index in [1.165, 1.54) is 15.9 Å². The standard InChI is InChI=1S/C32H25Cl2N3O4S/c1-18(2)41-31(39)28-19(3)36-32-37(29(28)22-8-10-24(33)11-9-22)30(38)27(42-32)15-23-14-25(34)12-13-26(23)40-17-21-6-4-20(16-35)5-7-21/h4-15,18,29H,17H2,1-3H3/b27-15+/t29-/m1/s1. The Labute approximate surface area is 256 Å². The van der Waals surface area contributed by atoms with Crippen LogP contribution in [0.5, 0.6) is 5.75 Å². The van der Waals surface area contributed by atoms with Gasteiger partial charge in [0.05, 0.1) is 39.6 Å². The first-order valence-corrected chi connectivity index (χ1v) is 14.6. The van der Waals surface area contributed by atoms with Crippen LogP contribution in [0.3, 0.4) is 0 Å². The lowest BCUT2D eigenvalue weighted by Crippen LogP contribution is -2.40. The monoisotopic (exact) mass is 617 g/mol. The minimum Gasteiger partial charge on any atom is -0.488 e. The fraction of sp³-hybridized carbons (Fsp3) is 0.188. The molecule has 0 bridgehead atoms. The number of ether oxygens (including phenoxy) is 2. The maximum atomic E-state index is 14.0. The lowest BCUT2D eigenvalue weighted by molar-refractivity contribution is -0.143. The average Bonchev–Trinajstić information content (AvgIpc) is 3.26. The summed E-state index contributed by atoms with van der Waals surface area (Å²) < 4.78 is 13.5. The summed E-state index contributed by atoms with van der Waals surface area (Å²) in [5.41, 5.74) is 3.20. The number of aromatic nitrogens is 1. The van der Waals surface area contributed by atoms with E-state index in [0.717, 1.165) is 5.56 Å². The summed E-state index contributed by atoms with van der Waals surface area (Å²) in [4.78, 5) is 32.3. The SMILES string of the molecule is CC1=C(C(=O)OC(C)C)[C@@H](c2ccc(Cl)cc2)n2c(s/c(=C/c3cc(Cl)ccc3OCc3ccc(C#N)cc3)c2=O)=N1. The molecule has 1 aromatic heterocycles.